The fourth-order valence-electron chi connectivity index (χ4n) is 5.68. The molecule has 1 aliphatic rings. The number of nitrogens with zero attached hydrogens (tertiary/aromatic N) is 4. The maximum atomic E-state index is 14.9. The molecule has 238 valence electrons. The lowest BCUT2D eigenvalue weighted by Gasteiger charge is -2.37. The Hall–Kier alpha value is -4.49. The molecule has 0 saturated carbocycles. The number of halogens is 5. The van der Waals surface area contributed by atoms with Gasteiger partial charge in [0.05, 0.1) is 18.7 Å². The van der Waals surface area contributed by atoms with Crippen LogP contribution in [0.25, 0.3) is 0 Å². The van der Waals surface area contributed by atoms with Crippen LogP contribution in [0.2, 0.25) is 0 Å². The minimum atomic E-state index is -4.88. The number of aromatic hydroxyl groups is 1. The van der Waals surface area contributed by atoms with Crippen LogP contribution in [0.1, 0.15) is 34.0 Å². The van der Waals surface area contributed by atoms with Crippen molar-refractivity contribution in [2.75, 3.05) is 31.1 Å². The molecule has 0 radical (unpaired) electrons. The molecule has 5 rings (SSSR count). The first-order valence-electron chi connectivity index (χ1n) is 14.3. The van der Waals surface area contributed by atoms with Crippen LogP contribution in [0.4, 0.5) is 27.6 Å². The summed E-state index contributed by atoms with van der Waals surface area (Å²) in [7, 11) is 0. The third kappa shape index (κ3) is 6.79. The van der Waals surface area contributed by atoms with Crippen molar-refractivity contribution < 1.29 is 27.1 Å². The first kappa shape index (κ1) is 31.9. The standard InChI is InChI=1S/C32H32F5N5O3/c1-20-29(40-14-12-39(13-15-40)17-21-10-11-28(43)26(34)16-21)30(44)42(19-27(38)22-6-3-2-4-7-22)31(45)41(20)18-23-24(32(35,36)37)8-5-9-25(23)33/h2-11,16,27,43H,12-15,17-19,38H2,1H3. The zero-order valence-corrected chi connectivity index (χ0v) is 24.4. The Balaban J connectivity index is 1.53. The highest BCUT2D eigenvalue weighted by Crippen LogP contribution is 2.33. The Labute approximate surface area is 255 Å². The van der Waals surface area contributed by atoms with E-state index >= 15 is 0 Å². The minimum Gasteiger partial charge on any atom is -0.505 e. The van der Waals surface area contributed by atoms with Gasteiger partial charge in [0.2, 0.25) is 0 Å². The number of nitrogens with two attached hydrogens (primary N) is 1. The SMILES string of the molecule is Cc1c(N2CCN(Cc3ccc(O)c(F)c3)CC2)c(=O)n(CC(N)c2ccccc2)c(=O)n1Cc1c(F)cccc1C(F)(F)F. The molecule has 2 heterocycles. The number of phenols is 1. The van der Waals surface area contributed by atoms with Crippen LogP contribution in [-0.4, -0.2) is 45.3 Å². The average molecular weight is 630 g/mol. The fourth-order valence-corrected chi connectivity index (χ4v) is 5.68. The number of phenolic OH excluding ortho intramolecular Hbond substituents is 1. The van der Waals surface area contributed by atoms with E-state index < -0.39 is 58.5 Å². The van der Waals surface area contributed by atoms with Gasteiger partial charge in [0.15, 0.2) is 11.6 Å². The van der Waals surface area contributed by atoms with Crippen molar-refractivity contribution in [2.45, 2.75) is 38.8 Å². The van der Waals surface area contributed by atoms with Crippen molar-refractivity contribution in [1.29, 1.82) is 0 Å². The zero-order chi connectivity index (χ0) is 32.5. The fraction of sp³-hybridized carbons (Fsp3) is 0.312. The van der Waals surface area contributed by atoms with E-state index in [1.54, 1.807) is 41.3 Å². The Kier molecular flexibility index (Phi) is 9.12. The van der Waals surface area contributed by atoms with Gasteiger partial charge in [0, 0.05) is 50.0 Å². The number of rotatable bonds is 8. The predicted molar refractivity (Wildman–Crippen MR) is 159 cm³/mol. The van der Waals surface area contributed by atoms with Gasteiger partial charge in [-0.3, -0.25) is 18.8 Å². The van der Waals surface area contributed by atoms with E-state index in [1.807, 2.05) is 4.90 Å². The van der Waals surface area contributed by atoms with Crippen molar-refractivity contribution in [2.24, 2.45) is 5.73 Å². The molecule has 1 fully saturated rings. The van der Waals surface area contributed by atoms with Gasteiger partial charge in [0.1, 0.15) is 11.5 Å². The normalized spacial score (nSPS) is 15.0. The highest BCUT2D eigenvalue weighted by molar-refractivity contribution is 5.50. The van der Waals surface area contributed by atoms with E-state index in [9.17, 15) is 36.6 Å². The van der Waals surface area contributed by atoms with Gasteiger partial charge in [-0.1, -0.05) is 42.5 Å². The summed E-state index contributed by atoms with van der Waals surface area (Å²) in [6.45, 7) is 2.33. The van der Waals surface area contributed by atoms with E-state index in [4.69, 9.17) is 5.73 Å². The summed E-state index contributed by atoms with van der Waals surface area (Å²) in [6.07, 6.45) is -4.88. The Morgan fingerprint density at radius 1 is 0.867 bits per heavy atom. The second kappa shape index (κ2) is 12.9. The number of piperazine rings is 1. The summed E-state index contributed by atoms with van der Waals surface area (Å²) >= 11 is 0. The Morgan fingerprint density at radius 3 is 2.20 bits per heavy atom. The highest BCUT2D eigenvalue weighted by atomic mass is 19.4. The van der Waals surface area contributed by atoms with Gasteiger partial charge in [-0.15, -0.1) is 0 Å². The van der Waals surface area contributed by atoms with E-state index in [0.717, 1.165) is 27.3 Å². The molecule has 3 N–H and O–H groups in total. The summed E-state index contributed by atoms with van der Waals surface area (Å²) < 4.78 is 72.3. The molecule has 1 saturated heterocycles. The van der Waals surface area contributed by atoms with Crippen molar-refractivity contribution >= 4 is 5.69 Å². The van der Waals surface area contributed by atoms with Crippen molar-refractivity contribution in [1.82, 2.24) is 14.0 Å². The smallest absolute Gasteiger partial charge is 0.416 e. The third-order valence-corrected chi connectivity index (χ3v) is 8.11. The van der Waals surface area contributed by atoms with E-state index in [0.29, 0.717) is 43.9 Å². The van der Waals surface area contributed by atoms with Crippen LogP contribution < -0.4 is 21.9 Å². The van der Waals surface area contributed by atoms with Gasteiger partial charge in [-0.2, -0.15) is 13.2 Å². The maximum Gasteiger partial charge on any atom is 0.416 e. The maximum absolute atomic E-state index is 14.9. The third-order valence-electron chi connectivity index (χ3n) is 8.11. The van der Waals surface area contributed by atoms with Gasteiger partial charge in [-0.05, 0) is 42.3 Å². The van der Waals surface area contributed by atoms with Crippen molar-refractivity contribution in [3.63, 3.8) is 0 Å². The van der Waals surface area contributed by atoms with Crippen molar-refractivity contribution in [3.05, 3.63) is 127 Å². The minimum absolute atomic E-state index is 0.0972. The molecule has 1 unspecified atom stereocenters. The Bertz CT molecular complexity index is 1800. The lowest BCUT2D eigenvalue weighted by atomic mass is 10.1. The molecule has 1 atom stereocenters. The molecule has 0 bridgehead atoms. The summed E-state index contributed by atoms with van der Waals surface area (Å²) in [5.74, 6) is -2.31. The molecule has 13 heteroatoms. The second-order valence-corrected chi connectivity index (χ2v) is 11.0. The van der Waals surface area contributed by atoms with Crippen LogP contribution in [-0.2, 0) is 25.8 Å². The molecule has 0 amide bonds. The first-order chi connectivity index (χ1) is 21.3. The summed E-state index contributed by atoms with van der Waals surface area (Å²) in [4.78, 5) is 31.5. The number of anilines is 1. The molecule has 3 aromatic carbocycles. The second-order valence-electron chi connectivity index (χ2n) is 11.0. The van der Waals surface area contributed by atoms with E-state index in [2.05, 4.69) is 0 Å². The van der Waals surface area contributed by atoms with Crippen molar-refractivity contribution in [3.8, 4) is 5.75 Å². The summed E-state index contributed by atoms with van der Waals surface area (Å²) in [5.41, 5.74) is 4.37. The average Bonchev–Trinajstić information content (AvgIpc) is 3.00. The van der Waals surface area contributed by atoms with Gasteiger partial charge in [0.25, 0.3) is 5.56 Å². The highest BCUT2D eigenvalue weighted by Gasteiger charge is 2.35. The molecule has 4 aromatic rings. The van der Waals surface area contributed by atoms with Gasteiger partial charge < -0.3 is 15.7 Å². The van der Waals surface area contributed by atoms with Crippen LogP contribution in [0.3, 0.4) is 0 Å². The summed E-state index contributed by atoms with van der Waals surface area (Å²) in [5, 5.41) is 9.47. The van der Waals surface area contributed by atoms with Gasteiger partial charge in [-0.25, -0.2) is 13.6 Å². The molecular formula is C32H32F5N5O3. The lowest BCUT2D eigenvalue weighted by molar-refractivity contribution is -0.138. The zero-order valence-electron chi connectivity index (χ0n) is 24.4. The van der Waals surface area contributed by atoms with Gasteiger partial charge >= 0.3 is 11.9 Å². The van der Waals surface area contributed by atoms with E-state index in [-0.39, 0.29) is 17.9 Å². The van der Waals surface area contributed by atoms with E-state index in [1.165, 1.54) is 19.1 Å². The lowest BCUT2D eigenvalue weighted by Crippen LogP contribution is -2.51. The molecule has 1 aliphatic heterocycles. The quantitative estimate of drug-likeness (QED) is 0.281. The molecule has 45 heavy (non-hydrogen) atoms. The monoisotopic (exact) mass is 629 g/mol. The number of alkyl halides is 3. The Morgan fingerprint density at radius 2 is 1.56 bits per heavy atom. The number of hydrogen-bond acceptors (Lipinski definition) is 6. The number of benzene rings is 3. The largest absolute Gasteiger partial charge is 0.505 e. The van der Waals surface area contributed by atoms with Crippen LogP contribution in [0, 0.1) is 18.6 Å². The van der Waals surface area contributed by atoms with Crippen LogP contribution in [0.15, 0.2) is 76.3 Å². The first-order valence-corrected chi connectivity index (χ1v) is 14.3. The number of hydrogen-bond donors (Lipinski definition) is 2. The van der Waals surface area contributed by atoms with Crippen LogP contribution in [0.5, 0.6) is 5.75 Å². The molecule has 0 aliphatic carbocycles. The van der Waals surface area contributed by atoms with Crippen LogP contribution >= 0.6 is 0 Å². The summed E-state index contributed by atoms with van der Waals surface area (Å²) in [6, 6.07) is 14.7. The molecule has 8 nitrogen and oxygen atoms in total. The number of aromatic nitrogens is 2. The predicted octanol–water partition coefficient (Wildman–Crippen LogP) is 4.39. The topological polar surface area (TPSA) is 96.7 Å². The molecule has 0 spiro atoms. The molecular weight excluding hydrogens is 597 g/mol. The molecule has 1 aromatic heterocycles.